The summed E-state index contributed by atoms with van der Waals surface area (Å²) in [6.07, 6.45) is 5.48. The molecule has 0 saturated heterocycles. The van der Waals surface area contributed by atoms with Gasteiger partial charge >= 0.3 is 0 Å². The van der Waals surface area contributed by atoms with Crippen molar-refractivity contribution >= 4 is 22.4 Å². The van der Waals surface area contributed by atoms with Crippen molar-refractivity contribution in [2.24, 2.45) is 0 Å². The number of aromatic nitrogens is 2. The Bertz CT molecular complexity index is 1210. The first-order valence-corrected chi connectivity index (χ1v) is 13.0. The summed E-state index contributed by atoms with van der Waals surface area (Å²) in [6.45, 7) is 4.57. The molecule has 0 atom stereocenters. The molecule has 0 unspecified atom stereocenters. The molecule has 3 aromatic rings. The first-order valence-electron chi connectivity index (χ1n) is 13.0. The third kappa shape index (κ3) is 6.15. The fraction of sp³-hybridized carbons (Fsp3) is 0.481. The molecular formula is C27H35N5O5. The number of rotatable bonds is 7. The van der Waals surface area contributed by atoms with E-state index in [0.717, 1.165) is 73.2 Å². The number of fused-ring (bicyclic) bond motifs is 4. The highest BCUT2D eigenvalue weighted by atomic mass is 16.7. The van der Waals surface area contributed by atoms with Gasteiger partial charge in [-0.2, -0.15) is 0 Å². The normalized spacial score (nSPS) is 15.9. The smallest absolute Gasteiger partial charge is 0.231 e. The summed E-state index contributed by atoms with van der Waals surface area (Å²) in [4.78, 5) is 11.4. The molecule has 2 aliphatic rings. The van der Waals surface area contributed by atoms with Crippen molar-refractivity contribution in [2.75, 3.05) is 58.6 Å². The maximum atomic E-state index is 8.92. The van der Waals surface area contributed by atoms with E-state index < -0.39 is 0 Å². The molecule has 0 aliphatic carbocycles. The SMILES string of the molecule is CN1CCCCCOc2cc3c(ncnc3cc2OCCCNCCO)Nc2c(ccc3c2OCO3)C1. The van der Waals surface area contributed by atoms with Gasteiger partial charge < -0.3 is 39.6 Å². The van der Waals surface area contributed by atoms with Gasteiger partial charge in [-0.25, -0.2) is 9.97 Å². The minimum Gasteiger partial charge on any atom is -0.490 e. The van der Waals surface area contributed by atoms with Gasteiger partial charge in [-0.1, -0.05) is 6.07 Å². The summed E-state index contributed by atoms with van der Waals surface area (Å²) in [5, 5.41) is 16.5. The molecule has 5 rings (SSSR count). The minimum atomic E-state index is 0.127. The van der Waals surface area contributed by atoms with E-state index in [1.54, 1.807) is 6.33 Å². The lowest BCUT2D eigenvalue weighted by atomic mass is 10.1. The number of nitrogens with one attached hydrogen (secondary N) is 2. The van der Waals surface area contributed by atoms with Crippen molar-refractivity contribution in [3.8, 4) is 23.0 Å². The van der Waals surface area contributed by atoms with Gasteiger partial charge in [0.1, 0.15) is 12.1 Å². The highest BCUT2D eigenvalue weighted by Gasteiger charge is 2.23. The Labute approximate surface area is 216 Å². The van der Waals surface area contributed by atoms with Crippen LogP contribution in [0.3, 0.4) is 0 Å². The molecule has 3 heterocycles. The van der Waals surface area contributed by atoms with Crippen LogP contribution < -0.4 is 29.6 Å². The lowest BCUT2D eigenvalue weighted by Crippen LogP contribution is -2.20. The maximum absolute atomic E-state index is 8.92. The molecular weight excluding hydrogens is 474 g/mol. The average molecular weight is 510 g/mol. The summed E-state index contributed by atoms with van der Waals surface area (Å²) in [6, 6.07) is 7.94. The van der Waals surface area contributed by atoms with Crippen LogP contribution in [0.2, 0.25) is 0 Å². The zero-order chi connectivity index (χ0) is 25.5. The molecule has 10 heteroatoms. The number of nitrogens with zero attached hydrogens (tertiary/aromatic N) is 3. The summed E-state index contributed by atoms with van der Waals surface area (Å²) in [7, 11) is 2.14. The van der Waals surface area contributed by atoms with Crippen molar-refractivity contribution in [3.05, 3.63) is 36.2 Å². The molecule has 0 spiro atoms. The zero-order valence-electron chi connectivity index (χ0n) is 21.3. The fourth-order valence-electron chi connectivity index (χ4n) is 4.59. The maximum Gasteiger partial charge on any atom is 0.231 e. The lowest BCUT2D eigenvalue weighted by molar-refractivity contribution is 0.174. The van der Waals surface area contributed by atoms with E-state index in [2.05, 4.69) is 38.6 Å². The van der Waals surface area contributed by atoms with E-state index >= 15 is 0 Å². The third-order valence-corrected chi connectivity index (χ3v) is 6.50. The van der Waals surface area contributed by atoms with Crippen molar-refractivity contribution < 1.29 is 24.1 Å². The fourth-order valence-corrected chi connectivity index (χ4v) is 4.59. The second-order valence-electron chi connectivity index (χ2n) is 9.32. The molecule has 0 amide bonds. The number of aliphatic hydroxyl groups is 1. The van der Waals surface area contributed by atoms with Gasteiger partial charge in [0.05, 0.1) is 31.0 Å². The topological polar surface area (TPSA) is 110 Å². The Balaban J connectivity index is 1.49. The quantitative estimate of drug-likeness (QED) is 0.410. The molecule has 0 saturated carbocycles. The second-order valence-corrected chi connectivity index (χ2v) is 9.32. The van der Waals surface area contributed by atoms with Gasteiger partial charge in [0.25, 0.3) is 0 Å². The van der Waals surface area contributed by atoms with E-state index in [1.165, 1.54) is 0 Å². The molecule has 0 radical (unpaired) electrons. The van der Waals surface area contributed by atoms with Crippen LogP contribution in [-0.4, -0.2) is 73.3 Å². The van der Waals surface area contributed by atoms with Crippen LogP contribution in [0.4, 0.5) is 11.5 Å². The van der Waals surface area contributed by atoms with E-state index in [-0.39, 0.29) is 13.4 Å². The van der Waals surface area contributed by atoms with Crippen molar-refractivity contribution in [1.82, 2.24) is 20.2 Å². The number of hydrogen-bond acceptors (Lipinski definition) is 10. The Morgan fingerprint density at radius 2 is 2.03 bits per heavy atom. The van der Waals surface area contributed by atoms with Crippen LogP contribution in [0.25, 0.3) is 10.9 Å². The number of hydrogen-bond donors (Lipinski definition) is 3. The zero-order valence-corrected chi connectivity index (χ0v) is 21.3. The van der Waals surface area contributed by atoms with Crippen molar-refractivity contribution in [3.63, 3.8) is 0 Å². The highest BCUT2D eigenvalue weighted by Crippen LogP contribution is 2.44. The Hall–Kier alpha value is -3.34. The van der Waals surface area contributed by atoms with Crippen LogP contribution in [0, 0.1) is 0 Å². The molecule has 0 fully saturated rings. The van der Waals surface area contributed by atoms with Gasteiger partial charge in [-0.3, -0.25) is 0 Å². The van der Waals surface area contributed by atoms with Gasteiger partial charge in [0.15, 0.2) is 23.0 Å². The van der Waals surface area contributed by atoms with Crippen LogP contribution in [0.1, 0.15) is 31.2 Å². The van der Waals surface area contributed by atoms with E-state index in [9.17, 15) is 0 Å². The molecule has 2 aromatic carbocycles. The summed E-state index contributed by atoms with van der Waals surface area (Å²) in [5.74, 6) is 3.43. The van der Waals surface area contributed by atoms with Crippen LogP contribution in [-0.2, 0) is 6.54 Å². The van der Waals surface area contributed by atoms with Crippen molar-refractivity contribution in [1.29, 1.82) is 0 Å². The molecule has 198 valence electrons. The molecule has 37 heavy (non-hydrogen) atoms. The summed E-state index contributed by atoms with van der Waals surface area (Å²) in [5.41, 5.74) is 2.72. The van der Waals surface area contributed by atoms with Crippen LogP contribution in [0.15, 0.2) is 30.6 Å². The Kier molecular flexibility index (Phi) is 8.39. The van der Waals surface area contributed by atoms with E-state index in [1.807, 2.05) is 18.2 Å². The highest BCUT2D eigenvalue weighted by molar-refractivity contribution is 5.94. The molecule has 3 N–H and O–H groups in total. The largest absolute Gasteiger partial charge is 0.490 e. The number of aliphatic hydroxyl groups excluding tert-OH is 1. The minimum absolute atomic E-state index is 0.127. The van der Waals surface area contributed by atoms with E-state index in [4.69, 9.17) is 24.1 Å². The number of anilines is 2. The van der Waals surface area contributed by atoms with Crippen molar-refractivity contribution in [2.45, 2.75) is 32.2 Å². The monoisotopic (exact) mass is 509 g/mol. The predicted molar refractivity (Wildman–Crippen MR) is 141 cm³/mol. The first kappa shape index (κ1) is 25.3. The van der Waals surface area contributed by atoms with Crippen LogP contribution in [0.5, 0.6) is 23.0 Å². The molecule has 2 bridgehead atoms. The molecule has 1 aromatic heterocycles. The second kappa shape index (κ2) is 12.3. The number of ether oxygens (including phenoxy) is 4. The Morgan fingerprint density at radius 1 is 1.08 bits per heavy atom. The lowest BCUT2D eigenvalue weighted by Gasteiger charge is -2.20. The van der Waals surface area contributed by atoms with Gasteiger partial charge in [0.2, 0.25) is 6.79 Å². The van der Waals surface area contributed by atoms with Gasteiger partial charge in [0, 0.05) is 24.5 Å². The van der Waals surface area contributed by atoms with E-state index in [0.29, 0.717) is 42.8 Å². The standard InChI is InChI=1S/C27H35N5O5/c1-32-10-3-2-4-12-34-23-14-20-21(15-24(23)35-13-5-8-28-9-11-33)29-17-30-27(20)31-25-19(16-32)6-7-22-26(25)37-18-36-22/h6-7,14-15,17,28,33H,2-5,8-13,16,18H2,1H3,(H,29,30,31). The predicted octanol–water partition coefficient (Wildman–Crippen LogP) is 3.45. The third-order valence-electron chi connectivity index (χ3n) is 6.50. The average Bonchev–Trinajstić information content (AvgIpc) is 3.38. The summed E-state index contributed by atoms with van der Waals surface area (Å²) < 4.78 is 23.9. The molecule has 10 nitrogen and oxygen atoms in total. The molecule has 2 aliphatic heterocycles. The Morgan fingerprint density at radius 3 is 2.95 bits per heavy atom. The van der Waals surface area contributed by atoms with Gasteiger partial charge in [-0.05, 0) is 63.5 Å². The number of benzene rings is 2. The van der Waals surface area contributed by atoms with Crippen LogP contribution >= 0.6 is 0 Å². The first-order chi connectivity index (χ1) is 18.2. The van der Waals surface area contributed by atoms with Gasteiger partial charge in [-0.15, -0.1) is 0 Å². The summed E-state index contributed by atoms with van der Waals surface area (Å²) >= 11 is 0.